The van der Waals surface area contributed by atoms with E-state index in [0.29, 0.717) is 13.1 Å². The standard InChI is InChI=1S/C17H22N2O2/c1-14(2)21-16-9-6-10-18-17(16)19(11-12-20)13-15-7-4-3-5-8-15/h3-10,14,20H,11-13H2,1-2H3. The highest BCUT2D eigenvalue weighted by Crippen LogP contribution is 2.27. The van der Waals surface area contributed by atoms with Gasteiger partial charge in [-0.25, -0.2) is 4.98 Å². The van der Waals surface area contributed by atoms with Gasteiger partial charge in [-0.1, -0.05) is 30.3 Å². The largest absolute Gasteiger partial charge is 0.487 e. The Morgan fingerprint density at radius 1 is 1.14 bits per heavy atom. The Kier molecular flexibility index (Phi) is 5.58. The molecule has 1 heterocycles. The third-order valence-electron chi connectivity index (χ3n) is 3.00. The Morgan fingerprint density at radius 3 is 2.57 bits per heavy atom. The molecule has 0 unspecified atom stereocenters. The number of anilines is 1. The monoisotopic (exact) mass is 286 g/mol. The summed E-state index contributed by atoms with van der Waals surface area (Å²) < 4.78 is 5.82. The Morgan fingerprint density at radius 2 is 1.90 bits per heavy atom. The SMILES string of the molecule is CC(C)Oc1cccnc1N(CCO)Cc1ccccc1. The van der Waals surface area contributed by atoms with Crippen LogP contribution in [0.1, 0.15) is 19.4 Å². The summed E-state index contributed by atoms with van der Waals surface area (Å²) in [5.41, 5.74) is 1.17. The first-order valence-corrected chi connectivity index (χ1v) is 7.22. The summed E-state index contributed by atoms with van der Waals surface area (Å²) in [4.78, 5) is 6.47. The van der Waals surface area contributed by atoms with Gasteiger partial charge in [0.2, 0.25) is 0 Å². The van der Waals surface area contributed by atoms with Gasteiger partial charge in [-0.3, -0.25) is 0 Å². The average molecular weight is 286 g/mol. The second-order valence-electron chi connectivity index (χ2n) is 5.12. The molecule has 0 amide bonds. The maximum Gasteiger partial charge on any atom is 0.171 e. The molecule has 2 rings (SSSR count). The molecule has 0 fully saturated rings. The minimum Gasteiger partial charge on any atom is -0.487 e. The predicted molar refractivity (Wildman–Crippen MR) is 84.6 cm³/mol. The number of aromatic nitrogens is 1. The van der Waals surface area contributed by atoms with E-state index in [4.69, 9.17) is 4.74 Å². The van der Waals surface area contributed by atoms with Crippen molar-refractivity contribution in [1.29, 1.82) is 0 Å². The van der Waals surface area contributed by atoms with Crippen LogP contribution >= 0.6 is 0 Å². The Labute approximate surface area is 126 Å². The van der Waals surface area contributed by atoms with Crippen LogP contribution in [0.5, 0.6) is 5.75 Å². The van der Waals surface area contributed by atoms with Crippen LogP contribution in [0.25, 0.3) is 0 Å². The molecular formula is C17H22N2O2. The summed E-state index contributed by atoms with van der Waals surface area (Å²) in [5.74, 6) is 1.51. The van der Waals surface area contributed by atoms with Gasteiger partial charge in [-0.05, 0) is 31.5 Å². The molecule has 1 aromatic carbocycles. The maximum atomic E-state index is 9.34. The average Bonchev–Trinajstić information content (AvgIpc) is 2.48. The van der Waals surface area contributed by atoms with E-state index in [1.807, 2.05) is 49.1 Å². The molecule has 0 atom stereocenters. The molecule has 0 spiro atoms. The van der Waals surface area contributed by atoms with Crippen molar-refractivity contribution in [2.75, 3.05) is 18.1 Å². The minimum atomic E-state index is 0.0739. The van der Waals surface area contributed by atoms with Crippen molar-refractivity contribution in [3.63, 3.8) is 0 Å². The summed E-state index contributed by atoms with van der Waals surface area (Å²) in [6.45, 7) is 5.26. The number of benzene rings is 1. The van der Waals surface area contributed by atoms with Gasteiger partial charge in [0.1, 0.15) is 0 Å². The van der Waals surface area contributed by atoms with Crippen molar-refractivity contribution in [2.24, 2.45) is 0 Å². The van der Waals surface area contributed by atoms with E-state index in [9.17, 15) is 5.11 Å². The number of rotatable bonds is 7. The molecule has 112 valence electrons. The summed E-state index contributed by atoms with van der Waals surface area (Å²) in [7, 11) is 0. The molecule has 21 heavy (non-hydrogen) atoms. The van der Waals surface area contributed by atoms with Gasteiger partial charge < -0.3 is 14.7 Å². The van der Waals surface area contributed by atoms with E-state index in [0.717, 1.165) is 11.6 Å². The van der Waals surface area contributed by atoms with Crippen molar-refractivity contribution in [1.82, 2.24) is 4.98 Å². The molecule has 0 saturated carbocycles. The third-order valence-corrected chi connectivity index (χ3v) is 3.00. The second-order valence-corrected chi connectivity index (χ2v) is 5.12. The van der Waals surface area contributed by atoms with Crippen LogP contribution in [0.4, 0.5) is 5.82 Å². The smallest absolute Gasteiger partial charge is 0.171 e. The van der Waals surface area contributed by atoms with Gasteiger partial charge in [0.05, 0.1) is 12.7 Å². The quantitative estimate of drug-likeness (QED) is 0.850. The lowest BCUT2D eigenvalue weighted by Crippen LogP contribution is -2.27. The Hall–Kier alpha value is -2.07. The normalized spacial score (nSPS) is 10.7. The lowest BCUT2D eigenvalue weighted by atomic mass is 10.2. The lowest BCUT2D eigenvalue weighted by Gasteiger charge is -2.25. The highest BCUT2D eigenvalue weighted by Gasteiger charge is 2.14. The zero-order chi connectivity index (χ0) is 15.1. The molecular weight excluding hydrogens is 264 g/mol. The highest BCUT2D eigenvalue weighted by atomic mass is 16.5. The molecule has 0 aliphatic heterocycles. The molecule has 0 saturated heterocycles. The summed E-state index contributed by atoms with van der Waals surface area (Å²) in [6.07, 6.45) is 1.83. The van der Waals surface area contributed by atoms with Crippen LogP contribution in [-0.2, 0) is 6.54 Å². The molecule has 0 bridgehead atoms. The number of hydrogen-bond acceptors (Lipinski definition) is 4. The number of ether oxygens (including phenoxy) is 1. The number of pyridine rings is 1. The van der Waals surface area contributed by atoms with Crippen LogP contribution in [0, 0.1) is 0 Å². The number of aliphatic hydroxyl groups excluding tert-OH is 1. The fraction of sp³-hybridized carbons (Fsp3) is 0.353. The van der Waals surface area contributed by atoms with E-state index in [1.165, 1.54) is 5.56 Å². The van der Waals surface area contributed by atoms with Crippen molar-refractivity contribution in [3.8, 4) is 5.75 Å². The van der Waals surface area contributed by atoms with Gasteiger partial charge in [0, 0.05) is 19.3 Å². The van der Waals surface area contributed by atoms with Gasteiger partial charge in [-0.15, -0.1) is 0 Å². The van der Waals surface area contributed by atoms with Crippen LogP contribution in [0.2, 0.25) is 0 Å². The van der Waals surface area contributed by atoms with Crippen molar-refractivity contribution >= 4 is 5.82 Å². The molecule has 0 radical (unpaired) electrons. The van der Waals surface area contributed by atoms with Crippen LogP contribution in [0.15, 0.2) is 48.7 Å². The molecule has 0 aliphatic carbocycles. The van der Waals surface area contributed by atoms with Crippen molar-refractivity contribution < 1.29 is 9.84 Å². The van der Waals surface area contributed by atoms with Crippen LogP contribution in [0.3, 0.4) is 0 Å². The Bertz CT molecular complexity index is 543. The van der Waals surface area contributed by atoms with Gasteiger partial charge in [0.15, 0.2) is 11.6 Å². The van der Waals surface area contributed by atoms with Crippen molar-refractivity contribution in [2.45, 2.75) is 26.5 Å². The summed E-state index contributed by atoms with van der Waals surface area (Å²) in [6, 6.07) is 13.9. The number of hydrogen-bond donors (Lipinski definition) is 1. The summed E-state index contributed by atoms with van der Waals surface area (Å²) in [5, 5.41) is 9.34. The molecule has 4 heteroatoms. The van der Waals surface area contributed by atoms with E-state index >= 15 is 0 Å². The van der Waals surface area contributed by atoms with Crippen LogP contribution in [-0.4, -0.2) is 29.3 Å². The first kappa shape index (κ1) is 15.3. The van der Waals surface area contributed by atoms with Gasteiger partial charge >= 0.3 is 0 Å². The number of aliphatic hydroxyl groups is 1. The molecule has 0 aliphatic rings. The molecule has 4 nitrogen and oxygen atoms in total. The predicted octanol–water partition coefficient (Wildman–Crippen LogP) is 2.87. The van der Waals surface area contributed by atoms with E-state index < -0.39 is 0 Å². The zero-order valence-electron chi connectivity index (χ0n) is 12.6. The van der Waals surface area contributed by atoms with Gasteiger partial charge in [-0.2, -0.15) is 0 Å². The minimum absolute atomic E-state index is 0.0739. The Balaban J connectivity index is 2.25. The van der Waals surface area contributed by atoms with E-state index in [-0.39, 0.29) is 12.7 Å². The number of nitrogens with zero attached hydrogens (tertiary/aromatic N) is 2. The maximum absolute atomic E-state index is 9.34. The summed E-state index contributed by atoms with van der Waals surface area (Å²) >= 11 is 0. The van der Waals surface area contributed by atoms with Crippen molar-refractivity contribution in [3.05, 3.63) is 54.2 Å². The fourth-order valence-corrected chi connectivity index (χ4v) is 2.15. The van der Waals surface area contributed by atoms with Gasteiger partial charge in [0.25, 0.3) is 0 Å². The highest BCUT2D eigenvalue weighted by molar-refractivity contribution is 5.52. The molecule has 2 aromatic rings. The first-order chi connectivity index (χ1) is 10.2. The first-order valence-electron chi connectivity index (χ1n) is 7.22. The lowest BCUT2D eigenvalue weighted by molar-refractivity contribution is 0.241. The third kappa shape index (κ3) is 4.46. The molecule has 1 aromatic heterocycles. The second kappa shape index (κ2) is 7.64. The fourth-order valence-electron chi connectivity index (χ4n) is 2.15. The van der Waals surface area contributed by atoms with E-state index in [2.05, 4.69) is 17.1 Å². The molecule has 1 N–H and O–H groups in total. The topological polar surface area (TPSA) is 45.6 Å². The van der Waals surface area contributed by atoms with Crippen LogP contribution < -0.4 is 9.64 Å². The van der Waals surface area contributed by atoms with E-state index in [1.54, 1.807) is 6.20 Å². The zero-order valence-corrected chi connectivity index (χ0v) is 12.6.